The van der Waals surface area contributed by atoms with E-state index in [4.69, 9.17) is 27.9 Å². The third-order valence-electron chi connectivity index (χ3n) is 3.29. The lowest BCUT2D eigenvalue weighted by Crippen LogP contribution is -2.31. The summed E-state index contributed by atoms with van der Waals surface area (Å²) >= 11 is 11.9. The van der Waals surface area contributed by atoms with E-state index in [1.165, 1.54) is 0 Å². The number of rotatable bonds is 5. The highest BCUT2D eigenvalue weighted by Gasteiger charge is 2.16. The molecule has 7 heteroatoms. The Labute approximate surface area is 144 Å². The summed E-state index contributed by atoms with van der Waals surface area (Å²) in [6.45, 7) is 1.42. The molecule has 1 atom stereocenters. The molecule has 0 aliphatic rings. The van der Waals surface area contributed by atoms with Crippen molar-refractivity contribution in [2.24, 2.45) is 7.05 Å². The third-order valence-corrected chi connectivity index (χ3v) is 3.86. The first-order chi connectivity index (χ1) is 10.9. The third kappa shape index (κ3) is 4.50. The van der Waals surface area contributed by atoms with E-state index in [1.54, 1.807) is 55.1 Å². The van der Waals surface area contributed by atoms with Crippen LogP contribution in [0.2, 0.25) is 10.0 Å². The van der Waals surface area contributed by atoms with Gasteiger partial charge in [-0.15, -0.1) is 0 Å². The van der Waals surface area contributed by atoms with Gasteiger partial charge in [0.05, 0.1) is 6.04 Å². The number of carbonyl (C=O) groups is 2. The number of carbonyl (C=O) groups excluding carboxylic acids is 2. The first-order valence-electron chi connectivity index (χ1n) is 6.91. The summed E-state index contributed by atoms with van der Waals surface area (Å²) in [5.74, 6) is -0.962. The van der Waals surface area contributed by atoms with Crippen LogP contribution in [-0.2, 0) is 16.6 Å². The van der Waals surface area contributed by atoms with Gasteiger partial charge in [0.15, 0.2) is 6.61 Å². The number of nitrogens with one attached hydrogen (secondary N) is 1. The molecule has 0 spiro atoms. The van der Waals surface area contributed by atoms with E-state index in [0.717, 1.165) is 5.56 Å². The van der Waals surface area contributed by atoms with Gasteiger partial charge in [0.25, 0.3) is 5.91 Å². The number of ether oxygens (including phenoxy) is 1. The van der Waals surface area contributed by atoms with Gasteiger partial charge in [-0.3, -0.25) is 4.79 Å². The molecule has 5 nitrogen and oxygen atoms in total. The predicted molar refractivity (Wildman–Crippen MR) is 88.7 cm³/mol. The summed E-state index contributed by atoms with van der Waals surface area (Å²) in [4.78, 5) is 23.7. The summed E-state index contributed by atoms with van der Waals surface area (Å²) < 4.78 is 6.61. The van der Waals surface area contributed by atoms with E-state index in [2.05, 4.69) is 5.32 Å². The number of aromatic nitrogens is 1. The standard InChI is InChI=1S/C16H16Cl2N2O3/c1-10(12-6-5-11(17)8-13(12)18)19-15(21)9-23-16(22)14-4-3-7-20(14)2/h3-8,10H,9H2,1-2H3,(H,19,21). The second kappa shape index (κ2) is 7.53. The maximum absolute atomic E-state index is 11.9. The van der Waals surface area contributed by atoms with Gasteiger partial charge in [0, 0.05) is 23.3 Å². The van der Waals surface area contributed by atoms with E-state index >= 15 is 0 Å². The van der Waals surface area contributed by atoms with Crippen molar-refractivity contribution in [3.63, 3.8) is 0 Å². The average molecular weight is 355 g/mol. The van der Waals surface area contributed by atoms with Crippen LogP contribution in [0.4, 0.5) is 0 Å². The Balaban J connectivity index is 1.89. The van der Waals surface area contributed by atoms with Crippen molar-refractivity contribution in [1.29, 1.82) is 0 Å². The minimum Gasteiger partial charge on any atom is -0.451 e. The summed E-state index contributed by atoms with van der Waals surface area (Å²) in [5.41, 5.74) is 1.12. The van der Waals surface area contributed by atoms with Crippen LogP contribution in [0.25, 0.3) is 0 Å². The minimum atomic E-state index is -0.551. The zero-order valence-corrected chi connectivity index (χ0v) is 14.2. The SMILES string of the molecule is CC(NC(=O)COC(=O)c1cccn1C)c1ccc(Cl)cc1Cl. The van der Waals surface area contributed by atoms with Crippen molar-refractivity contribution in [3.8, 4) is 0 Å². The first kappa shape index (κ1) is 17.4. The maximum atomic E-state index is 11.9. The zero-order valence-electron chi connectivity index (χ0n) is 12.7. The molecule has 0 saturated heterocycles. The van der Waals surface area contributed by atoms with Gasteiger partial charge in [-0.05, 0) is 36.8 Å². The van der Waals surface area contributed by atoms with Crippen LogP contribution >= 0.6 is 23.2 Å². The molecule has 1 heterocycles. The first-order valence-corrected chi connectivity index (χ1v) is 7.67. The van der Waals surface area contributed by atoms with Crippen LogP contribution < -0.4 is 5.32 Å². The van der Waals surface area contributed by atoms with Crippen molar-refractivity contribution in [1.82, 2.24) is 9.88 Å². The van der Waals surface area contributed by atoms with Gasteiger partial charge in [-0.1, -0.05) is 29.3 Å². The lowest BCUT2D eigenvalue weighted by atomic mass is 10.1. The highest BCUT2D eigenvalue weighted by molar-refractivity contribution is 6.35. The second-order valence-electron chi connectivity index (χ2n) is 5.04. The van der Waals surface area contributed by atoms with Crippen molar-refractivity contribution >= 4 is 35.1 Å². The van der Waals surface area contributed by atoms with Crippen molar-refractivity contribution in [2.75, 3.05) is 6.61 Å². The van der Waals surface area contributed by atoms with Gasteiger partial charge in [-0.2, -0.15) is 0 Å². The molecule has 2 aromatic rings. The Bertz CT molecular complexity index is 728. The maximum Gasteiger partial charge on any atom is 0.355 e. The Kier molecular flexibility index (Phi) is 5.69. The molecule has 122 valence electrons. The monoisotopic (exact) mass is 354 g/mol. The Morgan fingerprint density at radius 2 is 2.04 bits per heavy atom. The Hall–Kier alpha value is -1.98. The zero-order chi connectivity index (χ0) is 17.0. The van der Waals surface area contributed by atoms with Crippen molar-refractivity contribution in [2.45, 2.75) is 13.0 Å². The van der Waals surface area contributed by atoms with Crippen LogP contribution in [0.1, 0.15) is 29.0 Å². The largest absolute Gasteiger partial charge is 0.451 e. The highest BCUT2D eigenvalue weighted by atomic mass is 35.5. The molecule has 1 N–H and O–H groups in total. The number of halogens is 2. The smallest absolute Gasteiger partial charge is 0.355 e. The molecular formula is C16H16Cl2N2O3. The second-order valence-corrected chi connectivity index (χ2v) is 5.88. The van der Waals surface area contributed by atoms with Gasteiger partial charge in [0.1, 0.15) is 5.69 Å². The molecule has 0 aliphatic heterocycles. The van der Waals surface area contributed by atoms with Crippen LogP contribution in [-0.4, -0.2) is 23.1 Å². The number of amides is 1. The molecular weight excluding hydrogens is 339 g/mol. The molecule has 0 fully saturated rings. The molecule has 1 aromatic heterocycles. The Morgan fingerprint density at radius 1 is 1.30 bits per heavy atom. The lowest BCUT2D eigenvalue weighted by molar-refractivity contribution is -0.124. The van der Waals surface area contributed by atoms with Crippen LogP contribution in [0.15, 0.2) is 36.5 Å². The van der Waals surface area contributed by atoms with E-state index in [-0.39, 0.29) is 12.6 Å². The fraction of sp³-hybridized carbons (Fsp3) is 0.250. The molecule has 2 rings (SSSR count). The summed E-state index contributed by atoms with van der Waals surface area (Å²) in [7, 11) is 1.72. The number of esters is 1. The fourth-order valence-corrected chi connectivity index (χ4v) is 2.66. The van der Waals surface area contributed by atoms with E-state index < -0.39 is 11.9 Å². The summed E-state index contributed by atoms with van der Waals surface area (Å²) in [6, 6.07) is 8.06. The number of benzene rings is 1. The molecule has 0 aliphatic carbocycles. The average Bonchev–Trinajstić information content (AvgIpc) is 2.90. The number of aryl methyl sites for hydroxylation is 1. The molecule has 1 amide bonds. The van der Waals surface area contributed by atoms with Gasteiger partial charge in [-0.25, -0.2) is 4.79 Å². The Morgan fingerprint density at radius 3 is 2.65 bits per heavy atom. The molecule has 1 aromatic carbocycles. The molecule has 1 unspecified atom stereocenters. The quantitative estimate of drug-likeness (QED) is 0.837. The normalized spacial score (nSPS) is 11.8. The summed E-state index contributed by atoms with van der Waals surface area (Å²) in [5, 5.41) is 3.71. The van der Waals surface area contributed by atoms with E-state index in [0.29, 0.717) is 15.7 Å². The van der Waals surface area contributed by atoms with Crippen LogP contribution in [0, 0.1) is 0 Å². The molecule has 23 heavy (non-hydrogen) atoms. The topological polar surface area (TPSA) is 60.3 Å². The van der Waals surface area contributed by atoms with Gasteiger partial charge < -0.3 is 14.6 Å². The van der Waals surface area contributed by atoms with Crippen LogP contribution in [0.3, 0.4) is 0 Å². The lowest BCUT2D eigenvalue weighted by Gasteiger charge is -2.16. The number of nitrogens with zero attached hydrogens (tertiary/aromatic N) is 1. The highest BCUT2D eigenvalue weighted by Crippen LogP contribution is 2.25. The van der Waals surface area contributed by atoms with E-state index in [1.807, 2.05) is 0 Å². The predicted octanol–water partition coefficient (Wildman–Crippen LogP) is 3.37. The van der Waals surface area contributed by atoms with Crippen LogP contribution in [0.5, 0.6) is 0 Å². The molecule has 0 radical (unpaired) electrons. The van der Waals surface area contributed by atoms with Gasteiger partial charge in [0.2, 0.25) is 0 Å². The fourth-order valence-electron chi connectivity index (χ4n) is 2.09. The molecule has 0 saturated carbocycles. The van der Waals surface area contributed by atoms with E-state index in [9.17, 15) is 9.59 Å². The van der Waals surface area contributed by atoms with Gasteiger partial charge >= 0.3 is 5.97 Å². The minimum absolute atomic E-state index is 0.332. The molecule has 0 bridgehead atoms. The van der Waals surface area contributed by atoms with Crippen molar-refractivity contribution < 1.29 is 14.3 Å². The summed E-state index contributed by atoms with van der Waals surface area (Å²) in [6.07, 6.45) is 1.72. The van der Waals surface area contributed by atoms with Crippen molar-refractivity contribution in [3.05, 3.63) is 57.8 Å². The number of hydrogen-bond donors (Lipinski definition) is 1. The number of hydrogen-bond acceptors (Lipinski definition) is 3.